The highest BCUT2D eigenvalue weighted by Crippen LogP contribution is 2.65. The van der Waals surface area contributed by atoms with Crippen molar-refractivity contribution in [2.45, 2.75) is 50.9 Å². The van der Waals surface area contributed by atoms with Gasteiger partial charge in [-0.25, -0.2) is 0 Å². The van der Waals surface area contributed by atoms with E-state index in [4.69, 9.17) is 21.1 Å². The minimum absolute atomic E-state index is 0.0822. The highest BCUT2D eigenvalue weighted by molar-refractivity contribution is 6.30. The monoisotopic (exact) mass is 555 g/mol. The normalized spacial score (nSPS) is 30.8. The first-order valence-electron chi connectivity index (χ1n) is 13.4. The van der Waals surface area contributed by atoms with E-state index in [0.717, 1.165) is 0 Å². The van der Waals surface area contributed by atoms with Gasteiger partial charge >= 0.3 is 0 Å². The van der Waals surface area contributed by atoms with Gasteiger partial charge in [0, 0.05) is 29.5 Å². The molecule has 3 aliphatic rings. The summed E-state index contributed by atoms with van der Waals surface area (Å²) in [6, 6.07) is 12.8. The molecular weight excluding hydrogens is 522 g/mol. The second-order valence-electron chi connectivity index (χ2n) is 10.8. The average molecular weight is 556 g/mol. The number of ether oxygens (including phenoxy) is 2. The van der Waals surface area contributed by atoms with E-state index in [1.54, 1.807) is 48.5 Å². The quantitative estimate of drug-likeness (QED) is 0.434. The summed E-state index contributed by atoms with van der Waals surface area (Å²) in [5.41, 5.74) is -0.984. The molecule has 10 heteroatoms. The molecule has 5 rings (SSSR count). The number of carbonyl (C=O) groups is 3. The van der Waals surface area contributed by atoms with E-state index in [1.165, 1.54) is 4.90 Å². The van der Waals surface area contributed by atoms with Gasteiger partial charge in [0.25, 0.3) is 0 Å². The number of carbonyl (C=O) groups excluding carboxylic acids is 3. The Morgan fingerprint density at radius 2 is 1.72 bits per heavy atom. The highest BCUT2D eigenvalue weighted by atomic mass is 35.5. The Hall–Kier alpha value is -3.14. The molecule has 3 aliphatic heterocycles. The van der Waals surface area contributed by atoms with Gasteiger partial charge in [-0.1, -0.05) is 18.5 Å². The number of amides is 3. The molecule has 2 aromatic carbocycles. The summed E-state index contributed by atoms with van der Waals surface area (Å²) in [6.45, 7) is 6.34. The predicted molar refractivity (Wildman–Crippen MR) is 147 cm³/mol. The second-order valence-corrected chi connectivity index (χ2v) is 11.2. The zero-order valence-electron chi connectivity index (χ0n) is 22.3. The molecule has 208 valence electrons. The number of aliphatic hydroxyl groups is 1. The molecule has 0 radical (unpaired) electrons. The van der Waals surface area contributed by atoms with Crippen LogP contribution in [0.4, 0.5) is 11.4 Å². The van der Waals surface area contributed by atoms with Crippen molar-refractivity contribution in [1.82, 2.24) is 4.90 Å². The summed E-state index contributed by atoms with van der Waals surface area (Å²) >= 11 is 6.00. The SMILES string of the molecule is CCOc1ccc(NC(=O)[C@H]2[C@H]3C(=O)N(CCCO)C(C(=O)Nc4ccc(Cl)cc4)C34CC(C)[C@]2(C)O4)cc1. The molecule has 1 spiro atoms. The second kappa shape index (κ2) is 10.4. The molecule has 3 fully saturated rings. The Balaban J connectivity index is 1.47. The Morgan fingerprint density at radius 3 is 2.33 bits per heavy atom. The zero-order valence-corrected chi connectivity index (χ0v) is 23.0. The van der Waals surface area contributed by atoms with E-state index < -0.39 is 35.0 Å². The van der Waals surface area contributed by atoms with Gasteiger partial charge in [-0.3, -0.25) is 14.4 Å². The van der Waals surface area contributed by atoms with Crippen molar-refractivity contribution in [3.05, 3.63) is 53.6 Å². The number of aliphatic hydroxyl groups excluding tert-OH is 1. The number of benzene rings is 2. The van der Waals surface area contributed by atoms with Crippen LogP contribution in [0.5, 0.6) is 5.75 Å². The smallest absolute Gasteiger partial charge is 0.250 e. The van der Waals surface area contributed by atoms with E-state index in [1.807, 2.05) is 20.8 Å². The lowest BCUT2D eigenvalue weighted by Gasteiger charge is -2.36. The minimum atomic E-state index is -1.17. The number of fused-ring (bicyclic) bond motifs is 1. The topological polar surface area (TPSA) is 117 Å². The lowest BCUT2D eigenvalue weighted by Crippen LogP contribution is -2.54. The van der Waals surface area contributed by atoms with Crippen LogP contribution in [0.25, 0.3) is 0 Å². The van der Waals surface area contributed by atoms with Crippen LogP contribution in [-0.2, 0) is 19.1 Å². The highest BCUT2D eigenvalue weighted by Gasteiger charge is 2.79. The number of nitrogens with zero attached hydrogens (tertiary/aromatic N) is 1. The fourth-order valence-electron chi connectivity index (χ4n) is 6.69. The maximum atomic E-state index is 14.0. The van der Waals surface area contributed by atoms with Crippen LogP contribution in [0.1, 0.15) is 33.6 Å². The van der Waals surface area contributed by atoms with Gasteiger partial charge in [0.15, 0.2) is 0 Å². The number of hydrogen-bond acceptors (Lipinski definition) is 6. The lowest BCUT2D eigenvalue weighted by molar-refractivity contribution is -0.144. The summed E-state index contributed by atoms with van der Waals surface area (Å²) < 4.78 is 12.2. The van der Waals surface area contributed by atoms with Crippen molar-refractivity contribution in [3.8, 4) is 5.75 Å². The Bertz CT molecular complexity index is 1250. The Kier molecular flexibility index (Phi) is 7.35. The van der Waals surface area contributed by atoms with Crippen LogP contribution in [0.15, 0.2) is 48.5 Å². The molecule has 3 amide bonds. The van der Waals surface area contributed by atoms with Crippen molar-refractivity contribution in [3.63, 3.8) is 0 Å². The van der Waals surface area contributed by atoms with Crippen molar-refractivity contribution in [2.24, 2.45) is 17.8 Å². The van der Waals surface area contributed by atoms with Crippen molar-refractivity contribution >= 4 is 40.7 Å². The standard InChI is InChI=1S/C29H34ClN3O6/c1-4-38-21-12-10-20(11-13-21)31-25(35)22-23-27(37)33(14-5-15-34)24(29(23)16-17(2)28(22,3)39-29)26(36)32-19-8-6-18(30)7-9-19/h6-13,17,22-24,34H,4-5,14-16H2,1-3H3,(H,31,35)(H,32,36)/t17?,22-,23+,24?,28+,29?/m1/s1. The van der Waals surface area contributed by atoms with E-state index >= 15 is 0 Å². The van der Waals surface area contributed by atoms with E-state index in [2.05, 4.69) is 10.6 Å². The van der Waals surface area contributed by atoms with Crippen molar-refractivity contribution < 1.29 is 29.0 Å². The van der Waals surface area contributed by atoms with E-state index in [9.17, 15) is 19.5 Å². The molecule has 2 bridgehead atoms. The first-order chi connectivity index (χ1) is 18.6. The predicted octanol–water partition coefficient (Wildman–Crippen LogP) is 3.71. The number of likely N-dealkylation sites (tertiary alicyclic amines) is 1. The average Bonchev–Trinajstić information content (AvgIpc) is 3.42. The molecule has 0 saturated carbocycles. The molecule has 3 unspecified atom stereocenters. The number of anilines is 2. The maximum absolute atomic E-state index is 14.0. The molecule has 2 aromatic rings. The summed E-state index contributed by atoms with van der Waals surface area (Å²) in [5, 5.41) is 15.9. The summed E-state index contributed by atoms with van der Waals surface area (Å²) in [5.74, 6) is -2.04. The van der Waals surface area contributed by atoms with Gasteiger partial charge in [0.1, 0.15) is 17.4 Å². The number of rotatable bonds is 9. The third kappa shape index (κ3) is 4.56. The fourth-order valence-corrected chi connectivity index (χ4v) is 6.81. The number of hydrogen-bond donors (Lipinski definition) is 3. The largest absolute Gasteiger partial charge is 0.494 e. The van der Waals surface area contributed by atoms with Crippen LogP contribution in [0.3, 0.4) is 0 Å². The van der Waals surface area contributed by atoms with Crippen LogP contribution < -0.4 is 15.4 Å². The first-order valence-corrected chi connectivity index (χ1v) is 13.7. The Labute approximate surface area is 232 Å². The molecule has 0 aromatic heterocycles. The molecule has 3 N–H and O–H groups in total. The third-order valence-electron chi connectivity index (χ3n) is 8.45. The van der Waals surface area contributed by atoms with Gasteiger partial charge in [-0.15, -0.1) is 0 Å². The summed E-state index contributed by atoms with van der Waals surface area (Å²) in [4.78, 5) is 43.1. The summed E-state index contributed by atoms with van der Waals surface area (Å²) in [6.07, 6.45) is 0.760. The number of nitrogens with one attached hydrogen (secondary N) is 2. The van der Waals surface area contributed by atoms with Crippen LogP contribution >= 0.6 is 11.6 Å². The van der Waals surface area contributed by atoms with Crippen LogP contribution in [0, 0.1) is 17.8 Å². The minimum Gasteiger partial charge on any atom is -0.494 e. The first kappa shape index (κ1) is 27.4. The van der Waals surface area contributed by atoms with Crippen LogP contribution in [-0.4, -0.2) is 64.7 Å². The molecule has 0 aliphatic carbocycles. The third-order valence-corrected chi connectivity index (χ3v) is 8.70. The van der Waals surface area contributed by atoms with Crippen molar-refractivity contribution in [2.75, 3.05) is 30.4 Å². The lowest BCUT2D eigenvalue weighted by atomic mass is 9.62. The Morgan fingerprint density at radius 1 is 1.10 bits per heavy atom. The van der Waals surface area contributed by atoms with E-state index in [0.29, 0.717) is 41.6 Å². The van der Waals surface area contributed by atoms with Crippen LogP contribution in [0.2, 0.25) is 5.02 Å². The fraction of sp³-hybridized carbons (Fsp3) is 0.483. The molecule has 39 heavy (non-hydrogen) atoms. The van der Waals surface area contributed by atoms with Gasteiger partial charge in [0.2, 0.25) is 17.7 Å². The van der Waals surface area contributed by atoms with Gasteiger partial charge < -0.3 is 30.1 Å². The number of halogens is 1. The van der Waals surface area contributed by atoms with Crippen molar-refractivity contribution in [1.29, 1.82) is 0 Å². The zero-order chi connectivity index (χ0) is 27.9. The molecular formula is C29H34ClN3O6. The van der Waals surface area contributed by atoms with Gasteiger partial charge in [-0.05, 0) is 81.1 Å². The molecule has 9 nitrogen and oxygen atoms in total. The molecule has 3 saturated heterocycles. The maximum Gasteiger partial charge on any atom is 0.250 e. The van der Waals surface area contributed by atoms with Gasteiger partial charge in [0.05, 0.1) is 24.0 Å². The van der Waals surface area contributed by atoms with E-state index in [-0.39, 0.29) is 30.9 Å². The summed E-state index contributed by atoms with van der Waals surface area (Å²) in [7, 11) is 0. The molecule has 3 heterocycles. The molecule has 6 atom stereocenters. The van der Waals surface area contributed by atoms with Gasteiger partial charge in [-0.2, -0.15) is 0 Å².